The lowest BCUT2D eigenvalue weighted by molar-refractivity contribution is 0.333. The zero-order valence-corrected chi connectivity index (χ0v) is 13.4. The van der Waals surface area contributed by atoms with Crippen LogP contribution in [-0.2, 0) is 0 Å². The molecule has 0 bridgehead atoms. The van der Waals surface area contributed by atoms with Crippen molar-refractivity contribution in [3.63, 3.8) is 0 Å². The van der Waals surface area contributed by atoms with E-state index >= 15 is 0 Å². The SMILES string of the molecule is C=C(C)N(C/C=C\C1CCC(C)=CC1C)CC(C)C. The average molecular weight is 261 g/mol. The summed E-state index contributed by atoms with van der Waals surface area (Å²) in [6.45, 7) is 17.4. The molecule has 0 aromatic rings. The van der Waals surface area contributed by atoms with Gasteiger partial charge in [-0.15, -0.1) is 0 Å². The van der Waals surface area contributed by atoms with Crippen LogP contribution >= 0.6 is 0 Å². The predicted molar refractivity (Wildman–Crippen MR) is 86.0 cm³/mol. The van der Waals surface area contributed by atoms with Crippen LogP contribution in [0.15, 0.2) is 36.1 Å². The van der Waals surface area contributed by atoms with Crippen LogP contribution in [0.3, 0.4) is 0 Å². The minimum Gasteiger partial charge on any atom is -0.372 e. The maximum atomic E-state index is 4.08. The van der Waals surface area contributed by atoms with E-state index in [1.165, 1.54) is 18.5 Å². The van der Waals surface area contributed by atoms with Gasteiger partial charge in [-0.1, -0.05) is 51.2 Å². The van der Waals surface area contributed by atoms with Crippen LogP contribution in [0.5, 0.6) is 0 Å². The first kappa shape index (κ1) is 16.1. The van der Waals surface area contributed by atoms with E-state index in [4.69, 9.17) is 0 Å². The molecule has 2 atom stereocenters. The second-order valence-electron chi connectivity index (χ2n) is 6.54. The van der Waals surface area contributed by atoms with E-state index in [0.717, 1.165) is 19.0 Å². The summed E-state index contributed by atoms with van der Waals surface area (Å²) >= 11 is 0. The summed E-state index contributed by atoms with van der Waals surface area (Å²) in [5.41, 5.74) is 2.73. The Balaban J connectivity index is 2.50. The minimum absolute atomic E-state index is 0.685. The molecule has 0 radical (unpaired) electrons. The normalized spacial score (nSPS) is 23.8. The maximum Gasteiger partial charge on any atom is 0.0356 e. The van der Waals surface area contributed by atoms with Crippen LogP contribution in [0.1, 0.15) is 47.5 Å². The quantitative estimate of drug-likeness (QED) is 0.606. The maximum absolute atomic E-state index is 4.08. The molecule has 108 valence electrons. The van der Waals surface area contributed by atoms with E-state index in [0.29, 0.717) is 11.8 Å². The third-order valence-electron chi connectivity index (χ3n) is 3.93. The molecular formula is C18H31N. The molecule has 0 aromatic heterocycles. The Morgan fingerprint density at radius 3 is 2.74 bits per heavy atom. The molecule has 0 aromatic carbocycles. The van der Waals surface area contributed by atoms with E-state index < -0.39 is 0 Å². The lowest BCUT2D eigenvalue weighted by Crippen LogP contribution is -2.26. The molecular weight excluding hydrogens is 230 g/mol. The lowest BCUT2D eigenvalue weighted by atomic mass is 9.82. The van der Waals surface area contributed by atoms with Crippen molar-refractivity contribution in [2.24, 2.45) is 17.8 Å². The van der Waals surface area contributed by atoms with E-state index in [1.54, 1.807) is 5.57 Å². The number of nitrogens with zero attached hydrogens (tertiary/aromatic N) is 1. The standard InChI is InChI=1S/C18H31N/c1-14(2)13-19(15(3)4)11-7-8-18-10-9-16(5)12-17(18)6/h7-8,12,14,17-18H,3,9-11,13H2,1-2,4-6H3/b8-7-. The van der Waals surface area contributed by atoms with Gasteiger partial charge >= 0.3 is 0 Å². The average Bonchev–Trinajstić information content (AvgIpc) is 2.29. The van der Waals surface area contributed by atoms with Gasteiger partial charge < -0.3 is 4.90 Å². The van der Waals surface area contributed by atoms with Crippen molar-refractivity contribution in [2.75, 3.05) is 13.1 Å². The van der Waals surface area contributed by atoms with Crippen molar-refractivity contribution in [3.05, 3.63) is 36.1 Å². The second kappa shape index (κ2) is 7.57. The van der Waals surface area contributed by atoms with Gasteiger partial charge in [0.25, 0.3) is 0 Å². The van der Waals surface area contributed by atoms with Crippen molar-refractivity contribution in [3.8, 4) is 0 Å². The first-order valence-corrected chi connectivity index (χ1v) is 7.64. The van der Waals surface area contributed by atoms with Gasteiger partial charge in [0.05, 0.1) is 0 Å². The highest BCUT2D eigenvalue weighted by Gasteiger charge is 2.17. The third-order valence-corrected chi connectivity index (χ3v) is 3.93. The molecule has 0 fully saturated rings. The molecule has 0 spiro atoms. The summed E-state index contributed by atoms with van der Waals surface area (Å²) in [5, 5.41) is 0. The van der Waals surface area contributed by atoms with Gasteiger partial charge in [-0.25, -0.2) is 0 Å². The molecule has 0 amide bonds. The predicted octanol–water partition coefficient (Wildman–Crippen LogP) is 5.03. The Hall–Kier alpha value is -0.980. The molecule has 1 aliphatic carbocycles. The van der Waals surface area contributed by atoms with Gasteiger partial charge in [-0.2, -0.15) is 0 Å². The summed E-state index contributed by atoms with van der Waals surface area (Å²) in [6.07, 6.45) is 9.76. The van der Waals surface area contributed by atoms with Crippen molar-refractivity contribution in [1.29, 1.82) is 0 Å². The van der Waals surface area contributed by atoms with Crippen molar-refractivity contribution in [2.45, 2.75) is 47.5 Å². The van der Waals surface area contributed by atoms with Gasteiger partial charge in [0, 0.05) is 18.8 Å². The first-order valence-electron chi connectivity index (χ1n) is 7.64. The van der Waals surface area contributed by atoms with Crippen LogP contribution < -0.4 is 0 Å². The van der Waals surface area contributed by atoms with Gasteiger partial charge in [0.1, 0.15) is 0 Å². The molecule has 0 aliphatic heterocycles. The fourth-order valence-corrected chi connectivity index (χ4v) is 2.77. The molecule has 2 unspecified atom stereocenters. The molecule has 0 saturated carbocycles. The fourth-order valence-electron chi connectivity index (χ4n) is 2.77. The Kier molecular flexibility index (Phi) is 6.41. The zero-order valence-electron chi connectivity index (χ0n) is 13.4. The van der Waals surface area contributed by atoms with Crippen molar-refractivity contribution >= 4 is 0 Å². The van der Waals surface area contributed by atoms with Gasteiger partial charge in [0.15, 0.2) is 0 Å². The number of rotatable bonds is 6. The Labute approximate surface area is 120 Å². The highest BCUT2D eigenvalue weighted by molar-refractivity contribution is 5.10. The summed E-state index contributed by atoms with van der Waals surface area (Å²) < 4.78 is 0. The van der Waals surface area contributed by atoms with Crippen LogP contribution in [-0.4, -0.2) is 18.0 Å². The zero-order chi connectivity index (χ0) is 14.4. The summed E-state index contributed by atoms with van der Waals surface area (Å²) in [7, 11) is 0. The molecule has 1 aliphatic rings. The molecule has 0 saturated heterocycles. The van der Waals surface area contributed by atoms with Crippen LogP contribution in [0.4, 0.5) is 0 Å². The van der Waals surface area contributed by atoms with Crippen LogP contribution in [0.25, 0.3) is 0 Å². The highest BCUT2D eigenvalue weighted by Crippen LogP contribution is 2.29. The highest BCUT2D eigenvalue weighted by atomic mass is 15.1. The van der Waals surface area contributed by atoms with Crippen molar-refractivity contribution in [1.82, 2.24) is 4.90 Å². The lowest BCUT2D eigenvalue weighted by Gasteiger charge is -2.27. The molecule has 0 heterocycles. The number of hydrogen-bond donors (Lipinski definition) is 0. The third kappa shape index (κ3) is 5.67. The Bertz CT molecular complexity index is 349. The molecule has 1 nitrogen and oxygen atoms in total. The largest absolute Gasteiger partial charge is 0.372 e. The number of allylic oxidation sites excluding steroid dienone is 4. The van der Waals surface area contributed by atoms with E-state index in [2.05, 4.69) is 64.3 Å². The van der Waals surface area contributed by atoms with Gasteiger partial charge in [-0.3, -0.25) is 0 Å². The summed E-state index contributed by atoms with van der Waals surface area (Å²) in [5.74, 6) is 2.09. The number of hydrogen-bond acceptors (Lipinski definition) is 1. The monoisotopic (exact) mass is 261 g/mol. The molecule has 0 N–H and O–H groups in total. The summed E-state index contributed by atoms with van der Waals surface area (Å²) in [6, 6.07) is 0. The fraction of sp³-hybridized carbons (Fsp3) is 0.667. The van der Waals surface area contributed by atoms with E-state index in [9.17, 15) is 0 Å². The van der Waals surface area contributed by atoms with Crippen LogP contribution in [0, 0.1) is 17.8 Å². The van der Waals surface area contributed by atoms with Gasteiger partial charge in [-0.05, 0) is 44.4 Å². The van der Waals surface area contributed by atoms with Gasteiger partial charge in [0.2, 0.25) is 0 Å². The Morgan fingerprint density at radius 2 is 2.21 bits per heavy atom. The second-order valence-corrected chi connectivity index (χ2v) is 6.54. The Morgan fingerprint density at radius 1 is 1.53 bits per heavy atom. The molecule has 19 heavy (non-hydrogen) atoms. The van der Waals surface area contributed by atoms with E-state index in [-0.39, 0.29) is 0 Å². The molecule has 1 rings (SSSR count). The molecule has 1 heteroatoms. The van der Waals surface area contributed by atoms with E-state index in [1.807, 2.05) is 0 Å². The summed E-state index contributed by atoms with van der Waals surface area (Å²) in [4.78, 5) is 2.37. The topological polar surface area (TPSA) is 3.24 Å². The van der Waals surface area contributed by atoms with Crippen LogP contribution in [0.2, 0.25) is 0 Å². The first-order chi connectivity index (χ1) is 8.90. The smallest absolute Gasteiger partial charge is 0.0356 e. The minimum atomic E-state index is 0.685. The van der Waals surface area contributed by atoms with Crippen molar-refractivity contribution < 1.29 is 0 Å².